The van der Waals surface area contributed by atoms with E-state index in [0.29, 0.717) is 21.6 Å². The third-order valence-corrected chi connectivity index (χ3v) is 6.35. The molecule has 2 aromatic heterocycles. The molecule has 2 unspecified atom stereocenters. The number of hydrogen-bond acceptors (Lipinski definition) is 6. The van der Waals surface area contributed by atoms with E-state index in [9.17, 15) is 9.50 Å². The zero-order valence-electron chi connectivity index (χ0n) is 14.6. The number of rotatable bonds is 2. The van der Waals surface area contributed by atoms with Gasteiger partial charge in [-0.1, -0.05) is 17.8 Å². The predicted molar refractivity (Wildman–Crippen MR) is 104 cm³/mol. The first kappa shape index (κ1) is 16.8. The molecule has 7 heteroatoms. The Balaban J connectivity index is 1.47. The van der Waals surface area contributed by atoms with E-state index in [1.807, 2.05) is 18.2 Å². The first-order chi connectivity index (χ1) is 13.2. The van der Waals surface area contributed by atoms with Crippen LogP contribution in [-0.4, -0.2) is 38.5 Å². The molecule has 0 amide bonds. The molecule has 27 heavy (non-hydrogen) atoms. The molecule has 0 aliphatic carbocycles. The second kappa shape index (κ2) is 6.65. The monoisotopic (exact) mass is 382 g/mol. The lowest BCUT2D eigenvalue weighted by molar-refractivity contribution is 0.179. The standard InChI is InChI=1S/C20H19FN4OS/c21-19-12(6-14-2-1-3-16(19)23-14)9-18-24-25-20(27-18)15-7-11-4-5-22-10-13(11)8-17(15)26/h4-5,7-10,14,16,19,23,26H,1-3,6H2/b12-9+/t14?,16?,19-/m0/s1. The van der Waals surface area contributed by atoms with Crippen LogP contribution >= 0.6 is 11.3 Å². The van der Waals surface area contributed by atoms with Crippen molar-refractivity contribution in [3.05, 3.63) is 41.2 Å². The number of fused-ring (bicyclic) bond motifs is 3. The van der Waals surface area contributed by atoms with Crippen molar-refractivity contribution in [2.75, 3.05) is 0 Å². The van der Waals surface area contributed by atoms with E-state index in [4.69, 9.17) is 0 Å². The molecule has 5 rings (SSSR count). The maximum atomic E-state index is 14.8. The smallest absolute Gasteiger partial charge is 0.151 e. The molecular weight excluding hydrogens is 363 g/mol. The summed E-state index contributed by atoms with van der Waals surface area (Å²) in [5, 5.41) is 25.4. The van der Waals surface area contributed by atoms with E-state index in [2.05, 4.69) is 20.5 Å². The van der Waals surface area contributed by atoms with Gasteiger partial charge in [-0.15, -0.1) is 10.2 Å². The second-order valence-electron chi connectivity index (χ2n) is 7.26. The van der Waals surface area contributed by atoms with E-state index in [-0.39, 0.29) is 11.8 Å². The Morgan fingerprint density at radius 2 is 2.15 bits per heavy atom. The average molecular weight is 382 g/mol. The molecule has 0 spiro atoms. The summed E-state index contributed by atoms with van der Waals surface area (Å²) >= 11 is 1.37. The molecule has 2 bridgehead atoms. The van der Waals surface area contributed by atoms with Crippen molar-refractivity contribution in [2.45, 2.75) is 43.9 Å². The van der Waals surface area contributed by atoms with Gasteiger partial charge in [0.25, 0.3) is 0 Å². The van der Waals surface area contributed by atoms with Crippen LogP contribution in [0.2, 0.25) is 0 Å². The first-order valence-electron chi connectivity index (χ1n) is 9.18. The average Bonchev–Trinajstić information content (AvgIpc) is 3.14. The summed E-state index contributed by atoms with van der Waals surface area (Å²) in [7, 11) is 0. The van der Waals surface area contributed by atoms with E-state index in [1.54, 1.807) is 18.5 Å². The van der Waals surface area contributed by atoms with Crippen LogP contribution in [-0.2, 0) is 0 Å². The third-order valence-electron chi connectivity index (χ3n) is 5.44. The SMILES string of the molecule is Oc1cc2cnccc2cc1-c1nnc(/C=C2\CC3CCCC(N3)[C@H]2F)s1. The summed E-state index contributed by atoms with van der Waals surface area (Å²) < 4.78 is 14.8. The predicted octanol–water partition coefficient (Wildman–Crippen LogP) is 4.09. The van der Waals surface area contributed by atoms with Gasteiger partial charge in [0.15, 0.2) is 5.01 Å². The van der Waals surface area contributed by atoms with Gasteiger partial charge in [-0.05, 0) is 54.5 Å². The van der Waals surface area contributed by atoms with Gasteiger partial charge in [0.2, 0.25) is 0 Å². The van der Waals surface area contributed by atoms with Crippen LogP contribution in [0.4, 0.5) is 4.39 Å². The van der Waals surface area contributed by atoms with Gasteiger partial charge in [-0.2, -0.15) is 0 Å². The fourth-order valence-electron chi connectivity index (χ4n) is 4.10. The molecule has 2 saturated heterocycles. The molecule has 2 aliphatic rings. The molecule has 2 fully saturated rings. The van der Waals surface area contributed by atoms with E-state index in [0.717, 1.165) is 42.0 Å². The van der Waals surface area contributed by atoms with Gasteiger partial charge in [0.1, 0.15) is 16.9 Å². The van der Waals surface area contributed by atoms with Crippen molar-refractivity contribution in [1.82, 2.24) is 20.5 Å². The minimum atomic E-state index is -0.963. The molecular formula is C20H19FN4OS. The highest BCUT2D eigenvalue weighted by Crippen LogP contribution is 2.37. The minimum absolute atomic E-state index is 0.0747. The molecule has 3 atom stereocenters. The van der Waals surface area contributed by atoms with Crippen molar-refractivity contribution in [3.63, 3.8) is 0 Å². The number of benzene rings is 1. The molecule has 0 saturated carbocycles. The normalized spacial score (nSPS) is 26.6. The fraction of sp³-hybridized carbons (Fsp3) is 0.350. The Hall–Kier alpha value is -2.38. The zero-order valence-corrected chi connectivity index (χ0v) is 15.4. The van der Waals surface area contributed by atoms with E-state index < -0.39 is 6.17 Å². The number of piperidine rings is 2. The maximum absolute atomic E-state index is 14.8. The van der Waals surface area contributed by atoms with Gasteiger partial charge in [0.05, 0.1) is 5.56 Å². The van der Waals surface area contributed by atoms with E-state index in [1.165, 1.54) is 11.3 Å². The topological polar surface area (TPSA) is 70.9 Å². The Labute approximate surface area is 160 Å². The largest absolute Gasteiger partial charge is 0.507 e. The number of aromatic nitrogens is 3. The van der Waals surface area contributed by atoms with Crippen LogP contribution < -0.4 is 5.32 Å². The van der Waals surface area contributed by atoms with E-state index >= 15 is 0 Å². The van der Waals surface area contributed by atoms with Crippen LogP contribution in [0, 0.1) is 0 Å². The van der Waals surface area contributed by atoms with Crippen LogP contribution in [0.5, 0.6) is 5.75 Å². The lowest BCUT2D eigenvalue weighted by Crippen LogP contribution is -2.52. The number of pyridine rings is 1. The Morgan fingerprint density at radius 1 is 1.22 bits per heavy atom. The highest BCUT2D eigenvalue weighted by Gasteiger charge is 2.36. The molecule has 4 heterocycles. The maximum Gasteiger partial charge on any atom is 0.151 e. The first-order valence-corrected chi connectivity index (χ1v) is 10.0. The van der Waals surface area contributed by atoms with Crippen LogP contribution in [0.15, 0.2) is 36.2 Å². The lowest BCUT2D eigenvalue weighted by atomic mass is 9.82. The number of nitrogens with one attached hydrogen (secondary N) is 1. The van der Waals surface area contributed by atoms with Crippen molar-refractivity contribution in [1.29, 1.82) is 0 Å². The van der Waals surface area contributed by atoms with Crippen LogP contribution in [0.1, 0.15) is 30.7 Å². The van der Waals surface area contributed by atoms with Gasteiger partial charge in [-0.25, -0.2) is 4.39 Å². The molecule has 2 N–H and O–H groups in total. The number of alkyl halides is 1. The molecule has 138 valence electrons. The Kier molecular flexibility index (Phi) is 4.13. The van der Waals surface area contributed by atoms with Gasteiger partial charge in [-0.3, -0.25) is 4.98 Å². The minimum Gasteiger partial charge on any atom is -0.507 e. The summed E-state index contributed by atoms with van der Waals surface area (Å²) in [4.78, 5) is 4.07. The third kappa shape index (κ3) is 3.11. The second-order valence-corrected chi connectivity index (χ2v) is 8.27. The van der Waals surface area contributed by atoms with Gasteiger partial charge < -0.3 is 10.4 Å². The molecule has 5 nitrogen and oxygen atoms in total. The molecule has 1 aromatic carbocycles. The quantitative estimate of drug-likeness (QED) is 0.698. The van der Waals surface area contributed by atoms with Crippen molar-refractivity contribution in [3.8, 4) is 16.3 Å². The number of phenols is 1. The zero-order chi connectivity index (χ0) is 18.4. The number of nitrogens with zero attached hydrogens (tertiary/aromatic N) is 3. The summed E-state index contributed by atoms with van der Waals surface area (Å²) in [5.41, 5.74) is 1.44. The molecule has 3 aromatic rings. The Morgan fingerprint density at radius 3 is 3.07 bits per heavy atom. The van der Waals surface area contributed by atoms with Gasteiger partial charge in [0, 0.05) is 29.9 Å². The van der Waals surface area contributed by atoms with Crippen LogP contribution in [0.25, 0.3) is 27.4 Å². The van der Waals surface area contributed by atoms with Crippen molar-refractivity contribution < 1.29 is 9.50 Å². The highest BCUT2D eigenvalue weighted by atomic mass is 32.1. The van der Waals surface area contributed by atoms with Gasteiger partial charge >= 0.3 is 0 Å². The van der Waals surface area contributed by atoms with Crippen LogP contribution in [0.3, 0.4) is 0 Å². The molecule has 0 radical (unpaired) electrons. The summed E-state index contributed by atoms with van der Waals surface area (Å²) in [6.07, 6.45) is 8.11. The summed E-state index contributed by atoms with van der Waals surface area (Å²) in [6.45, 7) is 0. The Bertz CT molecular complexity index is 1030. The summed E-state index contributed by atoms with van der Waals surface area (Å²) in [6, 6.07) is 5.75. The number of hydrogen-bond donors (Lipinski definition) is 2. The number of aromatic hydroxyl groups is 1. The highest BCUT2D eigenvalue weighted by molar-refractivity contribution is 7.15. The molecule has 2 aliphatic heterocycles. The van der Waals surface area contributed by atoms with Crippen molar-refractivity contribution >= 4 is 28.2 Å². The summed E-state index contributed by atoms with van der Waals surface area (Å²) in [5.74, 6) is 0.144. The van der Waals surface area contributed by atoms with Crippen molar-refractivity contribution in [2.24, 2.45) is 0 Å². The lowest BCUT2D eigenvalue weighted by Gasteiger charge is -2.39. The number of halogens is 1. The number of phenolic OH excluding ortho intramolecular Hbond substituents is 1. The fourth-order valence-corrected chi connectivity index (χ4v) is 4.94.